The summed E-state index contributed by atoms with van der Waals surface area (Å²) in [5.74, 6) is 0.354. The molecule has 1 saturated heterocycles. The molecular formula is C24H32N4O3S. The van der Waals surface area contributed by atoms with Gasteiger partial charge in [0.05, 0.1) is 29.9 Å². The van der Waals surface area contributed by atoms with Crippen LogP contribution in [0.3, 0.4) is 0 Å². The summed E-state index contributed by atoms with van der Waals surface area (Å²) in [5, 5.41) is 1.25. The highest BCUT2D eigenvalue weighted by Gasteiger charge is 2.20. The number of carbonyl (C=O) groups is 1. The van der Waals surface area contributed by atoms with Crippen molar-refractivity contribution < 1.29 is 9.53 Å². The van der Waals surface area contributed by atoms with E-state index in [0.29, 0.717) is 29.1 Å². The smallest absolute Gasteiger partial charge is 0.262 e. The molecule has 0 bridgehead atoms. The van der Waals surface area contributed by atoms with Crippen LogP contribution in [0.2, 0.25) is 0 Å². The first-order chi connectivity index (χ1) is 15.7. The molecule has 0 unspecified atom stereocenters. The maximum Gasteiger partial charge on any atom is 0.262 e. The molecule has 7 nitrogen and oxygen atoms in total. The van der Waals surface area contributed by atoms with E-state index in [4.69, 9.17) is 9.72 Å². The molecule has 4 rings (SSSR count). The highest BCUT2D eigenvalue weighted by molar-refractivity contribution is 7.99. The lowest BCUT2D eigenvalue weighted by atomic mass is 10.2. The number of amides is 1. The molecule has 0 N–H and O–H groups in total. The second-order valence-electron chi connectivity index (χ2n) is 8.19. The Morgan fingerprint density at radius 3 is 2.78 bits per heavy atom. The standard InChI is InChI=1S/C24H32N4O3S/c1-2-27(19-8-3-4-9-19)22(29)18-32-24-25-21-11-6-5-10-20(21)23(30)28(24)13-7-12-26-14-16-31-17-15-26/h5-6,8,10-11H,2-4,7,9,12-18H2,1H3. The first-order valence-corrected chi connectivity index (χ1v) is 12.6. The molecule has 1 aliphatic heterocycles. The molecule has 1 aliphatic carbocycles. The van der Waals surface area contributed by atoms with Gasteiger partial charge in [0.1, 0.15) is 0 Å². The topological polar surface area (TPSA) is 67.7 Å². The van der Waals surface area contributed by atoms with Crippen LogP contribution in [-0.4, -0.2) is 70.4 Å². The van der Waals surface area contributed by atoms with Crippen molar-refractivity contribution in [2.75, 3.05) is 45.1 Å². The van der Waals surface area contributed by atoms with Crippen LogP contribution in [0.1, 0.15) is 32.6 Å². The van der Waals surface area contributed by atoms with E-state index in [1.807, 2.05) is 36.1 Å². The van der Waals surface area contributed by atoms with E-state index in [-0.39, 0.29) is 17.2 Å². The largest absolute Gasteiger partial charge is 0.379 e. The Hall–Kier alpha value is -2.16. The molecule has 0 saturated carbocycles. The Morgan fingerprint density at radius 1 is 1.22 bits per heavy atom. The number of benzene rings is 1. The van der Waals surface area contributed by atoms with Crippen LogP contribution in [-0.2, 0) is 16.1 Å². The average Bonchev–Trinajstić information content (AvgIpc) is 3.35. The minimum atomic E-state index is -0.0293. The molecule has 2 aliphatic rings. The second-order valence-corrected chi connectivity index (χ2v) is 9.13. The first kappa shape index (κ1) is 23.0. The molecule has 0 radical (unpaired) electrons. The van der Waals surface area contributed by atoms with Gasteiger partial charge in [0.25, 0.3) is 5.56 Å². The van der Waals surface area contributed by atoms with Gasteiger partial charge in [-0.1, -0.05) is 30.0 Å². The summed E-state index contributed by atoms with van der Waals surface area (Å²) < 4.78 is 7.18. The summed E-state index contributed by atoms with van der Waals surface area (Å²) in [6.45, 7) is 7.60. The van der Waals surface area contributed by atoms with Crippen LogP contribution in [0.4, 0.5) is 0 Å². The van der Waals surface area contributed by atoms with Gasteiger partial charge < -0.3 is 9.64 Å². The number of hydrogen-bond donors (Lipinski definition) is 0. The normalized spacial score (nSPS) is 17.0. The van der Waals surface area contributed by atoms with Gasteiger partial charge in [-0.05, 0) is 44.7 Å². The van der Waals surface area contributed by atoms with Crippen molar-refractivity contribution in [1.29, 1.82) is 0 Å². The number of allylic oxidation sites excluding steroid dienone is 2. The molecule has 32 heavy (non-hydrogen) atoms. The summed E-state index contributed by atoms with van der Waals surface area (Å²) in [5.41, 5.74) is 1.79. The monoisotopic (exact) mass is 456 g/mol. The Balaban J connectivity index is 1.50. The Kier molecular flexibility index (Phi) is 8.00. The molecule has 0 spiro atoms. The molecular weight excluding hydrogens is 424 g/mol. The van der Waals surface area contributed by atoms with E-state index in [2.05, 4.69) is 11.0 Å². The van der Waals surface area contributed by atoms with Gasteiger partial charge in [-0.15, -0.1) is 0 Å². The fraction of sp³-hybridized carbons (Fsp3) is 0.542. The first-order valence-electron chi connectivity index (χ1n) is 11.6. The summed E-state index contributed by atoms with van der Waals surface area (Å²) in [7, 11) is 0. The lowest BCUT2D eigenvalue weighted by Crippen LogP contribution is -2.37. The van der Waals surface area contributed by atoms with Crippen molar-refractivity contribution in [2.24, 2.45) is 0 Å². The van der Waals surface area contributed by atoms with Gasteiger partial charge in [0, 0.05) is 38.4 Å². The Bertz CT molecular complexity index is 1030. The molecule has 1 amide bonds. The molecule has 2 aromatic rings. The van der Waals surface area contributed by atoms with E-state index >= 15 is 0 Å². The lowest BCUT2D eigenvalue weighted by molar-refractivity contribution is -0.126. The van der Waals surface area contributed by atoms with Crippen LogP contribution in [0.5, 0.6) is 0 Å². The van der Waals surface area contributed by atoms with Crippen molar-refractivity contribution in [3.8, 4) is 0 Å². The second kappa shape index (κ2) is 11.1. The molecule has 8 heteroatoms. The van der Waals surface area contributed by atoms with E-state index < -0.39 is 0 Å². The SMILES string of the molecule is CCN(C(=O)CSc1nc2ccccc2c(=O)n1CCCN1CCOCC1)C1=CCCC1. The van der Waals surface area contributed by atoms with Crippen LogP contribution in [0, 0.1) is 0 Å². The third-order valence-electron chi connectivity index (χ3n) is 6.09. The number of carbonyl (C=O) groups excluding carboxylic acids is 1. The molecule has 1 aromatic heterocycles. The van der Waals surface area contributed by atoms with Crippen LogP contribution in [0.15, 0.2) is 46.0 Å². The van der Waals surface area contributed by atoms with Crippen molar-refractivity contribution in [2.45, 2.75) is 44.3 Å². The highest BCUT2D eigenvalue weighted by atomic mass is 32.2. The number of nitrogens with zero attached hydrogens (tertiary/aromatic N) is 4. The maximum atomic E-state index is 13.2. The van der Waals surface area contributed by atoms with Crippen LogP contribution < -0.4 is 5.56 Å². The molecule has 2 heterocycles. The number of fused-ring (bicyclic) bond motifs is 1. The minimum Gasteiger partial charge on any atom is -0.379 e. The van der Waals surface area contributed by atoms with E-state index in [9.17, 15) is 9.59 Å². The molecule has 1 aromatic carbocycles. The van der Waals surface area contributed by atoms with Gasteiger partial charge in [-0.2, -0.15) is 0 Å². The molecule has 0 atom stereocenters. The summed E-state index contributed by atoms with van der Waals surface area (Å²) in [6, 6.07) is 7.45. The number of aromatic nitrogens is 2. The Labute approximate surface area is 193 Å². The predicted octanol–water partition coefficient (Wildman–Crippen LogP) is 3.13. The zero-order valence-electron chi connectivity index (χ0n) is 18.8. The quantitative estimate of drug-likeness (QED) is 0.427. The van der Waals surface area contributed by atoms with E-state index in [1.165, 1.54) is 11.8 Å². The highest BCUT2D eigenvalue weighted by Crippen LogP contribution is 2.24. The number of ether oxygens (including phenoxy) is 1. The number of rotatable bonds is 9. The van der Waals surface area contributed by atoms with E-state index in [1.54, 1.807) is 4.57 Å². The average molecular weight is 457 g/mol. The van der Waals surface area contributed by atoms with Crippen molar-refractivity contribution in [3.05, 3.63) is 46.4 Å². The van der Waals surface area contributed by atoms with E-state index in [0.717, 1.165) is 64.2 Å². The fourth-order valence-corrected chi connectivity index (χ4v) is 5.28. The van der Waals surface area contributed by atoms with Gasteiger partial charge in [0.2, 0.25) is 5.91 Å². The number of para-hydroxylation sites is 1. The van der Waals surface area contributed by atoms with Crippen LogP contribution >= 0.6 is 11.8 Å². The summed E-state index contributed by atoms with van der Waals surface area (Å²) >= 11 is 1.37. The molecule has 172 valence electrons. The van der Waals surface area contributed by atoms with Crippen LogP contribution in [0.25, 0.3) is 10.9 Å². The van der Waals surface area contributed by atoms with Gasteiger partial charge in [-0.3, -0.25) is 19.1 Å². The number of morpholine rings is 1. The van der Waals surface area contributed by atoms with Crippen molar-refractivity contribution in [1.82, 2.24) is 19.4 Å². The summed E-state index contributed by atoms with van der Waals surface area (Å²) in [4.78, 5) is 35.2. The van der Waals surface area contributed by atoms with Crippen molar-refractivity contribution in [3.63, 3.8) is 0 Å². The number of thioether (sulfide) groups is 1. The Morgan fingerprint density at radius 2 is 2.03 bits per heavy atom. The lowest BCUT2D eigenvalue weighted by Gasteiger charge is -2.26. The zero-order valence-corrected chi connectivity index (χ0v) is 19.6. The maximum absolute atomic E-state index is 13.2. The fourth-order valence-electron chi connectivity index (χ4n) is 4.38. The third-order valence-corrected chi connectivity index (χ3v) is 7.05. The molecule has 1 fully saturated rings. The minimum absolute atomic E-state index is 0.0293. The predicted molar refractivity (Wildman–Crippen MR) is 128 cm³/mol. The van der Waals surface area contributed by atoms with Gasteiger partial charge >= 0.3 is 0 Å². The van der Waals surface area contributed by atoms with Gasteiger partial charge in [-0.25, -0.2) is 4.98 Å². The zero-order chi connectivity index (χ0) is 22.3. The van der Waals surface area contributed by atoms with Crippen molar-refractivity contribution >= 4 is 28.6 Å². The summed E-state index contributed by atoms with van der Waals surface area (Å²) in [6.07, 6.45) is 6.14. The number of hydrogen-bond acceptors (Lipinski definition) is 6. The third kappa shape index (κ3) is 5.42. The van der Waals surface area contributed by atoms with Gasteiger partial charge in [0.15, 0.2) is 5.16 Å².